The number of hydrogen-bond acceptors (Lipinski definition) is 4. The van der Waals surface area contributed by atoms with Gasteiger partial charge in [-0.25, -0.2) is 13.1 Å². The highest BCUT2D eigenvalue weighted by molar-refractivity contribution is 7.89. The third kappa shape index (κ3) is 4.87. The van der Waals surface area contributed by atoms with Crippen molar-refractivity contribution in [2.24, 2.45) is 0 Å². The number of hydrogen-bond donors (Lipinski definition) is 1. The van der Waals surface area contributed by atoms with Crippen LogP contribution in [0.15, 0.2) is 47.4 Å². The van der Waals surface area contributed by atoms with Crippen LogP contribution in [0, 0.1) is 0 Å². The average Bonchev–Trinajstić information content (AvgIpc) is 2.59. The fraction of sp³-hybridized carbons (Fsp3) is 0.294. The summed E-state index contributed by atoms with van der Waals surface area (Å²) in [6.45, 7) is 2.41. The van der Waals surface area contributed by atoms with Gasteiger partial charge in [0.15, 0.2) is 0 Å². The molecule has 2 rings (SSSR count). The van der Waals surface area contributed by atoms with E-state index in [4.69, 9.17) is 21.1 Å². The topological polar surface area (TPSA) is 64.6 Å². The van der Waals surface area contributed by atoms with Gasteiger partial charge in [0.25, 0.3) is 0 Å². The Bertz CT molecular complexity index is 793. The molecular weight excluding hydrogens is 350 g/mol. The van der Waals surface area contributed by atoms with E-state index < -0.39 is 10.0 Å². The van der Waals surface area contributed by atoms with Crippen LogP contribution in [-0.2, 0) is 16.4 Å². The Balaban J connectivity index is 1.97. The highest BCUT2D eigenvalue weighted by atomic mass is 35.5. The van der Waals surface area contributed by atoms with Gasteiger partial charge in [-0.15, -0.1) is 0 Å². The molecule has 1 N–H and O–H groups in total. The molecule has 130 valence electrons. The van der Waals surface area contributed by atoms with Crippen LogP contribution in [0.3, 0.4) is 0 Å². The Labute approximate surface area is 147 Å². The maximum atomic E-state index is 12.4. The Kier molecular flexibility index (Phi) is 6.48. The lowest BCUT2D eigenvalue weighted by molar-refractivity contribution is 0.322. The zero-order chi connectivity index (χ0) is 17.6. The first-order chi connectivity index (χ1) is 11.5. The lowest BCUT2D eigenvalue weighted by Gasteiger charge is -2.12. The van der Waals surface area contributed by atoms with Crippen molar-refractivity contribution in [3.8, 4) is 11.5 Å². The molecule has 7 heteroatoms. The maximum Gasteiger partial charge on any atom is 0.244 e. The SMILES string of the molecule is CCc1cccc(OCCNS(=O)(=O)c2cc(Cl)ccc2OC)c1. The molecule has 24 heavy (non-hydrogen) atoms. The summed E-state index contributed by atoms with van der Waals surface area (Å²) in [4.78, 5) is 0.00507. The monoisotopic (exact) mass is 369 g/mol. The molecule has 0 aliphatic rings. The molecule has 0 aliphatic carbocycles. The molecule has 0 unspecified atom stereocenters. The Morgan fingerprint density at radius 1 is 1.17 bits per heavy atom. The molecular formula is C17H20ClNO4S. The molecule has 0 bridgehead atoms. The first kappa shape index (κ1) is 18.6. The zero-order valence-electron chi connectivity index (χ0n) is 13.6. The van der Waals surface area contributed by atoms with Gasteiger partial charge in [-0.05, 0) is 42.3 Å². The van der Waals surface area contributed by atoms with Gasteiger partial charge >= 0.3 is 0 Å². The van der Waals surface area contributed by atoms with Crippen LogP contribution in [0.25, 0.3) is 0 Å². The molecule has 0 radical (unpaired) electrons. The number of aryl methyl sites for hydroxylation is 1. The number of nitrogens with one attached hydrogen (secondary N) is 1. The quantitative estimate of drug-likeness (QED) is 0.725. The van der Waals surface area contributed by atoms with E-state index in [9.17, 15) is 8.42 Å². The van der Waals surface area contributed by atoms with Gasteiger partial charge in [-0.1, -0.05) is 30.7 Å². The first-order valence-electron chi connectivity index (χ1n) is 7.51. The van der Waals surface area contributed by atoms with Crippen molar-refractivity contribution in [1.82, 2.24) is 4.72 Å². The van der Waals surface area contributed by atoms with E-state index in [-0.39, 0.29) is 23.8 Å². The molecule has 2 aromatic rings. The van der Waals surface area contributed by atoms with Crippen LogP contribution in [0.4, 0.5) is 0 Å². The van der Waals surface area contributed by atoms with Crippen LogP contribution in [-0.4, -0.2) is 28.7 Å². The summed E-state index contributed by atoms with van der Waals surface area (Å²) in [6.07, 6.45) is 0.915. The average molecular weight is 370 g/mol. The number of rotatable bonds is 8. The second-order valence-electron chi connectivity index (χ2n) is 5.04. The Hall–Kier alpha value is -1.76. The molecule has 0 saturated heterocycles. The van der Waals surface area contributed by atoms with E-state index in [0.717, 1.165) is 12.0 Å². The fourth-order valence-electron chi connectivity index (χ4n) is 2.14. The third-order valence-electron chi connectivity index (χ3n) is 3.38. The summed E-state index contributed by atoms with van der Waals surface area (Å²) in [7, 11) is -2.32. The second kappa shape index (κ2) is 8.37. The van der Waals surface area contributed by atoms with E-state index in [0.29, 0.717) is 10.8 Å². The van der Waals surface area contributed by atoms with E-state index in [1.807, 2.05) is 24.3 Å². The summed E-state index contributed by atoms with van der Waals surface area (Å²) in [5.41, 5.74) is 1.16. The lowest BCUT2D eigenvalue weighted by Crippen LogP contribution is -2.28. The molecule has 0 amide bonds. The van der Waals surface area contributed by atoms with Crippen LogP contribution < -0.4 is 14.2 Å². The largest absolute Gasteiger partial charge is 0.495 e. The van der Waals surface area contributed by atoms with Gasteiger partial charge in [0.1, 0.15) is 23.0 Å². The number of ether oxygens (including phenoxy) is 2. The summed E-state index contributed by atoms with van der Waals surface area (Å²) < 4.78 is 37.9. The van der Waals surface area contributed by atoms with Crippen LogP contribution >= 0.6 is 11.6 Å². The minimum absolute atomic E-state index is 0.00507. The Morgan fingerprint density at radius 2 is 1.96 bits per heavy atom. The summed E-state index contributed by atoms with van der Waals surface area (Å²) in [5, 5.41) is 0.323. The summed E-state index contributed by atoms with van der Waals surface area (Å²) in [6, 6.07) is 12.2. The fourth-order valence-corrected chi connectivity index (χ4v) is 3.58. The van der Waals surface area contributed by atoms with E-state index in [2.05, 4.69) is 11.6 Å². The van der Waals surface area contributed by atoms with Gasteiger partial charge in [-0.2, -0.15) is 0 Å². The summed E-state index contributed by atoms with van der Waals surface area (Å²) in [5.74, 6) is 0.956. The van der Waals surface area contributed by atoms with Crippen LogP contribution in [0.5, 0.6) is 11.5 Å². The Morgan fingerprint density at radius 3 is 2.67 bits per heavy atom. The number of benzene rings is 2. The zero-order valence-corrected chi connectivity index (χ0v) is 15.2. The van der Waals surface area contributed by atoms with Gasteiger partial charge in [0, 0.05) is 11.6 Å². The number of methoxy groups -OCH3 is 1. The predicted molar refractivity (Wildman–Crippen MR) is 94.5 cm³/mol. The van der Waals surface area contributed by atoms with E-state index >= 15 is 0 Å². The number of sulfonamides is 1. The highest BCUT2D eigenvalue weighted by Gasteiger charge is 2.19. The smallest absolute Gasteiger partial charge is 0.244 e. The molecule has 0 atom stereocenters. The van der Waals surface area contributed by atoms with Crippen molar-refractivity contribution in [2.75, 3.05) is 20.3 Å². The molecule has 2 aromatic carbocycles. The van der Waals surface area contributed by atoms with E-state index in [1.54, 1.807) is 6.07 Å². The molecule has 0 fully saturated rings. The standard InChI is InChI=1S/C17H20ClNO4S/c1-3-13-5-4-6-15(11-13)23-10-9-19-24(20,21)17-12-14(18)7-8-16(17)22-2/h4-8,11-12,19H,3,9-10H2,1-2H3. The van der Waals surface area contributed by atoms with Crippen LogP contribution in [0.2, 0.25) is 5.02 Å². The third-order valence-corrected chi connectivity index (χ3v) is 5.10. The minimum Gasteiger partial charge on any atom is -0.495 e. The van der Waals surface area contributed by atoms with Crippen molar-refractivity contribution < 1.29 is 17.9 Å². The molecule has 0 aliphatic heterocycles. The van der Waals surface area contributed by atoms with Crippen molar-refractivity contribution in [3.63, 3.8) is 0 Å². The van der Waals surface area contributed by atoms with Gasteiger partial charge in [-0.3, -0.25) is 0 Å². The first-order valence-corrected chi connectivity index (χ1v) is 9.37. The van der Waals surface area contributed by atoms with Gasteiger partial charge < -0.3 is 9.47 Å². The van der Waals surface area contributed by atoms with Crippen molar-refractivity contribution in [1.29, 1.82) is 0 Å². The molecule has 0 saturated carbocycles. The highest BCUT2D eigenvalue weighted by Crippen LogP contribution is 2.26. The molecule has 0 heterocycles. The van der Waals surface area contributed by atoms with Crippen molar-refractivity contribution in [2.45, 2.75) is 18.2 Å². The minimum atomic E-state index is -3.73. The molecule has 0 aromatic heterocycles. The van der Waals surface area contributed by atoms with Crippen LogP contribution in [0.1, 0.15) is 12.5 Å². The predicted octanol–water partition coefficient (Wildman–Crippen LogP) is 3.27. The summed E-state index contributed by atoms with van der Waals surface area (Å²) >= 11 is 5.88. The van der Waals surface area contributed by atoms with Gasteiger partial charge in [0.05, 0.1) is 7.11 Å². The maximum absolute atomic E-state index is 12.4. The second-order valence-corrected chi connectivity index (χ2v) is 7.21. The normalized spacial score (nSPS) is 11.3. The van der Waals surface area contributed by atoms with Crippen molar-refractivity contribution >= 4 is 21.6 Å². The lowest BCUT2D eigenvalue weighted by atomic mass is 10.2. The molecule has 5 nitrogen and oxygen atoms in total. The molecule has 0 spiro atoms. The van der Waals surface area contributed by atoms with E-state index in [1.165, 1.54) is 19.2 Å². The number of halogens is 1. The van der Waals surface area contributed by atoms with Gasteiger partial charge in [0.2, 0.25) is 10.0 Å². The van der Waals surface area contributed by atoms with Crippen molar-refractivity contribution in [3.05, 3.63) is 53.1 Å².